The van der Waals surface area contributed by atoms with Crippen LogP contribution < -0.4 is 10.1 Å². The average Bonchev–Trinajstić information content (AvgIpc) is 2.98. The summed E-state index contributed by atoms with van der Waals surface area (Å²) < 4.78 is 5.19. The number of hydrogen-bond acceptors (Lipinski definition) is 2. The van der Waals surface area contributed by atoms with Gasteiger partial charge in [-0.1, -0.05) is 18.6 Å². The van der Waals surface area contributed by atoms with E-state index in [1.165, 1.54) is 37.8 Å². The van der Waals surface area contributed by atoms with Gasteiger partial charge >= 0.3 is 0 Å². The predicted molar refractivity (Wildman–Crippen MR) is 90.5 cm³/mol. The summed E-state index contributed by atoms with van der Waals surface area (Å²) in [4.78, 5) is 6.90. The van der Waals surface area contributed by atoms with Crippen LogP contribution >= 0.6 is 0 Å². The molecule has 2 aliphatic rings. The highest BCUT2D eigenvalue weighted by atomic mass is 16.5. The predicted octanol–water partition coefficient (Wildman–Crippen LogP) is 2.69. The van der Waals surface area contributed by atoms with Gasteiger partial charge in [-0.05, 0) is 48.8 Å². The topological polar surface area (TPSA) is 36.9 Å². The van der Waals surface area contributed by atoms with Crippen molar-refractivity contribution < 1.29 is 4.74 Å². The van der Waals surface area contributed by atoms with E-state index < -0.39 is 0 Å². The Morgan fingerprint density at radius 2 is 2.05 bits per heavy atom. The van der Waals surface area contributed by atoms with Crippen molar-refractivity contribution in [3.63, 3.8) is 0 Å². The fraction of sp³-hybridized carbons (Fsp3) is 0.611. The van der Waals surface area contributed by atoms with Crippen molar-refractivity contribution in [2.45, 2.75) is 32.1 Å². The summed E-state index contributed by atoms with van der Waals surface area (Å²) >= 11 is 0. The molecule has 1 aromatic rings. The van der Waals surface area contributed by atoms with E-state index in [0.717, 1.165) is 31.2 Å². The highest BCUT2D eigenvalue weighted by Gasteiger charge is 2.43. The highest BCUT2D eigenvalue weighted by molar-refractivity contribution is 5.80. The van der Waals surface area contributed by atoms with E-state index in [1.54, 1.807) is 7.11 Å². The molecule has 3 rings (SSSR count). The Morgan fingerprint density at radius 1 is 1.27 bits per heavy atom. The Kier molecular flexibility index (Phi) is 4.55. The number of guanidine groups is 1. The number of ether oxygens (including phenoxy) is 1. The Hall–Kier alpha value is -1.71. The fourth-order valence-corrected chi connectivity index (χ4v) is 3.64. The molecule has 1 heterocycles. The van der Waals surface area contributed by atoms with Crippen LogP contribution in [0.25, 0.3) is 0 Å². The van der Waals surface area contributed by atoms with Crippen LogP contribution in [0.5, 0.6) is 5.75 Å². The van der Waals surface area contributed by atoms with Crippen molar-refractivity contribution in [2.24, 2.45) is 10.4 Å². The molecular formula is C18H27N3O. The molecule has 1 spiro atoms. The standard InChI is InChI=1S/C18H27N3O/c1-19-17(21-13-11-18(14-21)9-3-10-18)20-12-8-15-4-6-16(22-2)7-5-15/h4-7H,3,8-14H2,1-2H3,(H,19,20). The highest BCUT2D eigenvalue weighted by Crippen LogP contribution is 2.47. The largest absolute Gasteiger partial charge is 0.497 e. The summed E-state index contributed by atoms with van der Waals surface area (Å²) in [5.74, 6) is 1.98. The van der Waals surface area contributed by atoms with E-state index in [0.29, 0.717) is 5.41 Å². The number of nitrogens with one attached hydrogen (secondary N) is 1. The number of aliphatic imine (C=N–C) groups is 1. The van der Waals surface area contributed by atoms with E-state index in [4.69, 9.17) is 4.74 Å². The minimum absolute atomic E-state index is 0.619. The van der Waals surface area contributed by atoms with E-state index in [1.807, 2.05) is 19.2 Å². The molecule has 1 aliphatic heterocycles. The molecule has 0 radical (unpaired) electrons. The van der Waals surface area contributed by atoms with Gasteiger partial charge in [0, 0.05) is 26.7 Å². The molecule has 0 amide bonds. The number of likely N-dealkylation sites (tertiary alicyclic amines) is 1. The molecule has 4 heteroatoms. The molecule has 1 N–H and O–H groups in total. The Morgan fingerprint density at radius 3 is 2.59 bits per heavy atom. The monoisotopic (exact) mass is 301 g/mol. The quantitative estimate of drug-likeness (QED) is 0.686. The summed E-state index contributed by atoms with van der Waals surface area (Å²) in [5, 5.41) is 3.52. The maximum absolute atomic E-state index is 5.19. The number of benzene rings is 1. The molecule has 1 saturated carbocycles. The molecule has 0 aromatic heterocycles. The third-order valence-corrected chi connectivity index (χ3v) is 5.22. The van der Waals surface area contributed by atoms with Crippen LogP contribution in [0.3, 0.4) is 0 Å². The zero-order valence-electron chi connectivity index (χ0n) is 13.8. The molecular weight excluding hydrogens is 274 g/mol. The zero-order chi connectivity index (χ0) is 15.4. The van der Waals surface area contributed by atoms with Crippen LogP contribution in [0.1, 0.15) is 31.2 Å². The van der Waals surface area contributed by atoms with Gasteiger partial charge in [0.1, 0.15) is 5.75 Å². The smallest absolute Gasteiger partial charge is 0.193 e. The van der Waals surface area contributed by atoms with Crippen molar-refractivity contribution in [2.75, 3.05) is 33.8 Å². The van der Waals surface area contributed by atoms with E-state index in [2.05, 4.69) is 27.3 Å². The molecule has 0 atom stereocenters. The van der Waals surface area contributed by atoms with Crippen molar-refractivity contribution in [3.8, 4) is 5.75 Å². The van der Waals surface area contributed by atoms with Gasteiger partial charge in [-0.3, -0.25) is 4.99 Å². The normalized spacial score (nSPS) is 20.1. The third kappa shape index (κ3) is 3.21. The number of hydrogen-bond donors (Lipinski definition) is 1. The number of methoxy groups -OCH3 is 1. The molecule has 22 heavy (non-hydrogen) atoms. The van der Waals surface area contributed by atoms with Crippen molar-refractivity contribution in [3.05, 3.63) is 29.8 Å². The molecule has 0 unspecified atom stereocenters. The first-order valence-corrected chi connectivity index (χ1v) is 8.33. The minimum atomic E-state index is 0.619. The van der Waals surface area contributed by atoms with Crippen molar-refractivity contribution in [1.29, 1.82) is 0 Å². The first-order chi connectivity index (χ1) is 10.7. The van der Waals surface area contributed by atoms with Gasteiger partial charge in [-0.2, -0.15) is 0 Å². The summed E-state index contributed by atoms with van der Waals surface area (Å²) in [6.07, 6.45) is 6.57. The van der Waals surface area contributed by atoms with Crippen molar-refractivity contribution in [1.82, 2.24) is 10.2 Å². The second kappa shape index (κ2) is 6.59. The average molecular weight is 301 g/mol. The lowest BCUT2D eigenvalue weighted by molar-refractivity contribution is 0.151. The first kappa shape index (κ1) is 15.2. The molecule has 1 saturated heterocycles. The summed E-state index contributed by atoms with van der Waals surface area (Å²) in [6.45, 7) is 3.26. The molecule has 120 valence electrons. The molecule has 4 nitrogen and oxygen atoms in total. The fourth-order valence-electron chi connectivity index (χ4n) is 3.64. The summed E-state index contributed by atoms with van der Waals surface area (Å²) in [6, 6.07) is 8.29. The van der Waals surface area contributed by atoms with Crippen LogP contribution in [-0.2, 0) is 6.42 Å². The van der Waals surface area contributed by atoms with Crippen LogP contribution in [0.15, 0.2) is 29.3 Å². The van der Waals surface area contributed by atoms with Gasteiger partial charge in [0.05, 0.1) is 7.11 Å². The van der Waals surface area contributed by atoms with Crippen LogP contribution in [0.2, 0.25) is 0 Å². The van der Waals surface area contributed by atoms with Gasteiger partial charge in [-0.15, -0.1) is 0 Å². The van der Waals surface area contributed by atoms with Crippen LogP contribution in [-0.4, -0.2) is 44.7 Å². The SMILES string of the molecule is CN=C(NCCc1ccc(OC)cc1)N1CCC2(CCC2)C1. The van der Waals surface area contributed by atoms with Crippen LogP contribution in [0.4, 0.5) is 0 Å². The van der Waals surface area contributed by atoms with Crippen LogP contribution in [0, 0.1) is 5.41 Å². The minimum Gasteiger partial charge on any atom is -0.497 e. The lowest BCUT2D eigenvalue weighted by Gasteiger charge is -2.38. The number of rotatable bonds is 4. The van der Waals surface area contributed by atoms with Gasteiger partial charge < -0.3 is 15.0 Å². The lowest BCUT2D eigenvalue weighted by Crippen LogP contribution is -2.43. The summed E-state index contributed by atoms with van der Waals surface area (Å²) in [7, 11) is 3.59. The third-order valence-electron chi connectivity index (χ3n) is 5.22. The zero-order valence-corrected chi connectivity index (χ0v) is 13.8. The van der Waals surface area contributed by atoms with Gasteiger partial charge in [0.25, 0.3) is 0 Å². The van der Waals surface area contributed by atoms with E-state index in [9.17, 15) is 0 Å². The van der Waals surface area contributed by atoms with E-state index >= 15 is 0 Å². The second-order valence-electron chi connectivity index (χ2n) is 6.60. The second-order valence-corrected chi connectivity index (χ2v) is 6.60. The van der Waals surface area contributed by atoms with Gasteiger partial charge in [-0.25, -0.2) is 0 Å². The maximum Gasteiger partial charge on any atom is 0.193 e. The van der Waals surface area contributed by atoms with Gasteiger partial charge in [0.2, 0.25) is 0 Å². The molecule has 2 fully saturated rings. The van der Waals surface area contributed by atoms with Crippen molar-refractivity contribution >= 4 is 5.96 Å². The first-order valence-electron chi connectivity index (χ1n) is 8.33. The van der Waals surface area contributed by atoms with E-state index in [-0.39, 0.29) is 0 Å². The summed E-state index contributed by atoms with van der Waals surface area (Å²) in [5.41, 5.74) is 1.94. The Labute approximate surface area is 133 Å². The maximum atomic E-state index is 5.19. The molecule has 1 aliphatic carbocycles. The number of nitrogens with zero attached hydrogens (tertiary/aromatic N) is 2. The Balaban J connectivity index is 1.47. The lowest BCUT2D eigenvalue weighted by atomic mass is 9.68. The van der Waals surface area contributed by atoms with Gasteiger partial charge in [0.15, 0.2) is 5.96 Å². The molecule has 1 aromatic carbocycles. The molecule has 0 bridgehead atoms. The Bertz CT molecular complexity index is 520.